The first-order valence-electron chi connectivity index (χ1n) is 7.13. The van der Waals surface area contributed by atoms with Crippen molar-refractivity contribution in [3.63, 3.8) is 0 Å². The van der Waals surface area contributed by atoms with E-state index < -0.39 is 9.84 Å². The normalized spacial score (nSPS) is 22.6. The van der Waals surface area contributed by atoms with Gasteiger partial charge in [0.2, 0.25) is 0 Å². The first kappa shape index (κ1) is 15.4. The summed E-state index contributed by atoms with van der Waals surface area (Å²) in [5.41, 5.74) is 0.579. The summed E-state index contributed by atoms with van der Waals surface area (Å²) in [6.07, 6.45) is 1.47. The Bertz CT molecular complexity index is 584. The standard InChI is InChI=1S/C15H22FNO2S/c1-4-13(10(2)3)17-14-7-8-20(18,19)15-6-5-11(16)9-12(14)15/h5-6,9-10,13-14,17H,4,7-8H2,1-3H3. The van der Waals surface area contributed by atoms with E-state index in [9.17, 15) is 12.8 Å². The average molecular weight is 299 g/mol. The van der Waals surface area contributed by atoms with Crippen molar-refractivity contribution in [2.45, 2.75) is 50.6 Å². The van der Waals surface area contributed by atoms with E-state index in [1.165, 1.54) is 18.2 Å². The predicted octanol–water partition coefficient (Wildman–Crippen LogP) is 3.07. The number of rotatable bonds is 4. The molecule has 1 N–H and O–H groups in total. The van der Waals surface area contributed by atoms with Gasteiger partial charge in [-0.1, -0.05) is 20.8 Å². The van der Waals surface area contributed by atoms with E-state index >= 15 is 0 Å². The van der Waals surface area contributed by atoms with E-state index in [1.807, 2.05) is 0 Å². The molecular weight excluding hydrogens is 277 g/mol. The largest absolute Gasteiger partial charge is 0.307 e. The topological polar surface area (TPSA) is 46.2 Å². The van der Waals surface area contributed by atoms with Crippen LogP contribution in [0.1, 0.15) is 45.2 Å². The second kappa shape index (κ2) is 5.82. The molecule has 1 aromatic rings. The van der Waals surface area contributed by atoms with Gasteiger partial charge < -0.3 is 5.32 Å². The van der Waals surface area contributed by atoms with Gasteiger partial charge in [-0.15, -0.1) is 0 Å². The third-order valence-corrected chi connectivity index (χ3v) is 5.83. The molecule has 0 amide bonds. The molecule has 0 fully saturated rings. The molecule has 0 spiro atoms. The van der Waals surface area contributed by atoms with E-state index in [1.54, 1.807) is 0 Å². The number of halogens is 1. The second-order valence-electron chi connectivity index (χ2n) is 5.77. The molecule has 2 rings (SSSR count). The summed E-state index contributed by atoms with van der Waals surface area (Å²) >= 11 is 0. The van der Waals surface area contributed by atoms with Crippen LogP contribution in [0.2, 0.25) is 0 Å². The Labute approximate surface area is 120 Å². The first-order valence-corrected chi connectivity index (χ1v) is 8.78. The minimum absolute atomic E-state index is 0.0865. The van der Waals surface area contributed by atoms with E-state index in [4.69, 9.17) is 0 Å². The van der Waals surface area contributed by atoms with E-state index in [0.29, 0.717) is 23.9 Å². The zero-order chi connectivity index (χ0) is 14.9. The van der Waals surface area contributed by atoms with Gasteiger partial charge in [-0.25, -0.2) is 12.8 Å². The summed E-state index contributed by atoms with van der Waals surface area (Å²) in [5.74, 6) is 0.193. The van der Waals surface area contributed by atoms with Crippen molar-refractivity contribution in [1.82, 2.24) is 5.32 Å². The van der Waals surface area contributed by atoms with Crippen LogP contribution in [0.3, 0.4) is 0 Å². The summed E-state index contributed by atoms with van der Waals surface area (Å²) in [7, 11) is -3.26. The quantitative estimate of drug-likeness (QED) is 0.869. The van der Waals surface area contributed by atoms with Crippen molar-refractivity contribution in [1.29, 1.82) is 0 Å². The summed E-state index contributed by atoms with van der Waals surface area (Å²) in [6.45, 7) is 6.37. The number of nitrogens with one attached hydrogen (secondary N) is 1. The van der Waals surface area contributed by atoms with Crippen molar-refractivity contribution in [3.8, 4) is 0 Å². The molecule has 3 nitrogen and oxygen atoms in total. The first-order chi connectivity index (χ1) is 9.35. The Morgan fingerprint density at radius 2 is 2.10 bits per heavy atom. The Morgan fingerprint density at radius 3 is 2.70 bits per heavy atom. The van der Waals surface area contributed by atoms with Crippen molar-refractivity contribution in [2.75, 3.05) is 5.75 Å². The number of hydrogen-bond acceptors (Lipinski definition) is 3. The minimum Gasteiger partial charge on any atom is -0.307 e. The fourth-order valence-corrected chi connectivity index (χ4v) is 4.43. The minimum atomic E-state index is -3.26. The van der Waals surface area contributed by atoms with Crippen molar-refractivity contribution < 1.29 is 12.8 Å². The van der Waals surface area contributed by atoms with Gasteiger partial charge in [0.15, 0.2) is 9.84 Å². The molecule has 0 bridgehead atoms. The molecular formula is C15H22FNO2S. The lowest BCUT2D eigenvalue weighted by atomic mass is 9.97. The molecule has 0 saturated heterocycles. The Balaban J connectivity index is 2.37. The molecule has 112 valence electrons. The highest BCUT2D eigenvalue weighted by atomic mass is 32.2. The van der Waals surface area contributed by atoms with Crippen molar-refractivity contribution in [2.24, 2.45) is 5.92 Å². The molecule has 5 heteroatoms. The zero-order valence-corrected chi connectivity index (χ0v) is 13.0. The zero-order valence-electron chi connectivity index (χ0n) is 12.2. The molecule has 20 heavy (non-hydrogen) atoms. The van der Waals surface area contributed by atoms with E-state index in [2.05, 4.69) is 26.1 Å². The van der Waals surface area contributed by atoms with Crippen molar-refractivity contribution in [3.05, 3.63) is 29.6 Å². The monoisotopic (exact) mass is 299 g/mol. The Morgan fingerprint density at radius 1 is 1.40 bits per heavy atom. The van der Waals surface area contributed by atoms with Crippen LogP contribution < -0.4 is 5.32 Å². The number of benzene rings is 1. The van der Waals surface area contributed by atoms with Gasteiger partial charge >= 0.3 is 0 Å². The maximum Gasteiger partial charge on any atom is 0.178 e. The van der Waals surface area contributed by atoms with Gasteiger partial charge in [0, 0.05) is 12.1 Å². The third-order valence-electron chi connectivity index (χ3n) is 4.02. The second-order valence-corrected chi connectivity index (χ2v) is 7.85. The highest BCUT2D eigenvalue weighted by Gasteiger charge is 2.31. The molecule has 0 saturated carbocycles. The maximum atomic E-state index is 13.5. The SMILES string of the molecule is CCC(NC1CCS(=O)(=O)c2ccc(F)cc21)C(C)C. The summed E-state index contributed by atoms with van der Waals surface area (Å²) in [4.78, 5) is 0.279. The van der Waals surface area contributed by atoms with Crippen LogP contribution >= 0.6 is 0 Å². The maximum absolute atomic E-state index is 13.5. The lowest BCUT2D eigenvalue weighted by Crippen LogP contribution is -2.39. The Hall–Kier alpha value is -0.940. The molecule has 0 aliphatic carbocycles. The lowest BCUT2D eigenvalue weighted by Gasteiger charge is -2.31. The number of hydrogen-bond donors (Lipinski definition) is 1. The van der Waals surface area contributed by atoms with E-state index in [-0.39, 0.29) is 22.5 Å². The van der Waals surface area contributed by atoms with Crippen molar-refractivity contribution >= 4 is 9.84 Å². The third kappa shape index (κ3) is 3.04. The van der Waals surface area contributed by atoms with Gasteiger partial charge in [-0.05, 0) is 42.5 Å². The molecule has 0 radical (unpaired) electrons. The highest BCUT2D eigenvalue weighted by molar-refractivity contribution is 7.91. The fourth-order valence-electron chi connectivity index (χ4n) is 2.83. The summed E-state index contributed by atoms with van der Waals surface area (Å²) < 4.78 is 37.6. The van der Waals surface area contributed by atoms with Crippen LogP contribution in [0, 0.1) is 11.7 Å². The lowest BCUT2D eigenvalue weighted by molar-refractivity contribution is 0.335. The summed E-state index contributed by atoms with van der Waals surface area (Å²) in [5, 5.41) is 3.50. The van der Waals surface area contributed by atoms with Crippen LogP contribution in [0.25, 0.3) is 0 Å². The van der Waals surface area contributed by atoms with Crippen LogP contribution in [-0.4, -0.2) is 20.2 Å². The molecule has 1 aromatic carbocycles. The number of fused-ring (bicyclic) bond motifs is 1. The van der Waals surface area contributed by atoms with Gasteiger partial charge in [-0.2, -0.15) is 0 Å². The predicted molar refractivity (Wildman–Crippen MR) is 77.9 cm³/mol. The molecule has 1 aliphatic rings. The Kier molecular flexibility index (Phi) is 4.49. The molecule has 1 heterocycles. The van der Waals surface area contributed by atoms with E-state index in [0.717, 1.165) is 6.42 Å². The van der Waals surface area contributed by atoms with Gasteiger partial charge in [0.05, 0.1) is 10.6 Å². The molecule has 0 aromatic heterocycles. The van der Waals surface area contributed by atoms with Crippen LogP contribution in [0.15, 0.2) is 23.1 Å². The summed E-state index contributed by atoms with van der Waals surface area (Å²) in [6, 6.07) is 4.19. The average Bonchev–Trinajstić information content (AvgIpc) is 2.37. The van der Waals surface area contributed by atoms with Gasteiger partial charge in [0.1, 0.15) is 5.82 Å². The van der Waals surface area contributed by atoms with Gasteiger partial charge in [0.25, 0.3) is 0 Å². The van der Waals surface area contributed by atoms with Gasteiger partial charge in [-0.3, -0.25) is 0 Å². The van der Waals surface area contributed by atoms with Crippen LogP contribution in [-0.2, 0) is 9.84 Å². The highest BCUT2D eigenvalue weighted by Crippen LogP contribution is 2.33. The van der Waals surface area contributed by atoms with Crippen LogP contribution in [0.4, 0.5) is 4.39 Å². The smallest absolute Gasteiger partial charge is 0.178 e. The number of sulfone groups is 1. The fraction of sp³-hybridized carbons (Fsp3) is 0.600. The molecule has 1 aliphatic heterocycles. The molecule has 2 unspecified atom stereocenters. The molecule has 2 atom stereocenters. The van der Waals surface area contributed by atoms with Crippen LogP contribution in [0.5, 0.6) is 0 Å².